The molecule has 0 bridgehead atoms. The number of nitrogens with one attached hydrogen (secondary N) is 1. The Morgan fingerprint density at radius 3 is 2.69 bits per heavy atom. The Morgan fingerprint density at radius 2 is 2.25 bits per heavy atom. The highest BCUT2D eigenvalue weighted by atomic mass is 16.5. The topological polar surface area (TPSA) is 90.6 Å². The molecule has 16 heavy (non-hydrogen) atoms. The number of ether oxygens (including phenoxy) is 2. The second-order valence-electron chi connectivity index (χ2n) is 4.26. The highest BCUT2D eigenvalue weighted by Gasteiger charge is 2.45. The summed E-state index contributed by atoms with van der Waals surface area (Å²) in [5.41, 5.74) is 5.02. The van der Waals surface area contributed by atoms with Crippen LogP contribution < -0.4 is 11.1 Å². The predicted octanol–water partition coefficient (Wildman–Crippen LogP) is -0.972. The average molecular weight is 230 g/mol. The van der Waals surface area contributed by atoms with Crippen LogP contribution in [0.1, 0.15) is 13.8 Å². The number of hydrogen-bond acceptors (Lipinski definition) is 5. The van der Waals surface area contributed by atoms with Crippen molar-refractivity contribution in [3.8, 4) is 0 Å². The van der Waals surface area contributed by atoms with E-state index in [9.17, 15) is 9.59 Å². The Labute approximate surface area is 94.5 Å². The quantitative estimate of drug-likeness (QED) is 0.609. The highest BCUT2D eigenvalue weighted by molar-refractivity contribution is 5.88. The molecule has 1 amide bonds. The molecule has 1 heterocycles. The predicted molar refractivity (Wildman–Crippen MR) is 56.5 cm³/mol. The molecule has 6 heteroatoms. The second-order valence-corrected chi connectivity index (χ2v) is 4.26. The third kappa shape index (κ3) is 2.33. The Kier molecular flexibility index (Phi) is 3.88. The minimum Gasteiger partial charge on any atom is -0.467 e. The molecule has 1 saturated heterocycles. The maximum Gasteiger partial charge on any atom is 0.328 e. The number of nitrogens with two attached hydrogens (primary N) is 1. The van der Waals surface area contributed by atoms with Gasteiger partial charge in [-0.25, -0.2) is 4.79 Å². The second kappa shape index (κ2) is 4.80. The van der Waals surface area contributed by atoms with E-state index in [2.05, 4.69) is 10.1 Å². The molecule has 92 valence electrons. The van der Waals surface area contributed by atoms with Gasteiger partial charge >= 0.3 is 5.97 Å². The number of hydrogen-bond donors (Lipinski definition) is 2. The number of amides is 1. The van der Waals surface area contributed by atoms with E-state index in [4.69, 9.17) is 10.5 Å². The summed E-state index contributed by atoms with van der Waals surface area (Å²) in [5, 5.41) is 2.57. The van der Waals surface area contributed by atoms with Crippen molar-refractivity contribution < 1.29 is 19.1 Å². The molecule has 0 saturated carbocycles. The van der Waals surface area contributed by atoms with Gasteiger partial charge in [0, 0.05) is 6.04 Å². The van der Waals surface area contributed by atoms with E-state index in [1.165, 1.54) is 7.11 Å². The molecule has 6 nitrogen and oxygen atoms in total. The molecular weight excluding hydrogens is 212 g/mol. The molecule has 1 rings (SSSR count). The van der Waals surface area contributed by atoms with Crippen molar-refractivity contribution in [1.29, 1.82) is 0 Å². The minimum atomic E-state index is -0.776. The van der Waals surface area contributed by atoms with Gasteiger partial charge in [-0.1, -0.05) is 0 Å². The lowest BCUT2D eigenvalue weighted by atomic mass is 9.84. The summed E-state index contributed by atoms with van der Waals surface area (Å²) in [4.78, 5) is 23.1. The summed E-state index contributed by atoms with van der Waals surface area (Å²) in [7, 11) is 1.27. The van der Waals surface area contributed by atoms with Gasteiger partial charge in [0.15, 0.2) is 0 Å². The summed E-state index contributed by atoms with van der Waals surface area (Å²) in [5.74, 6) is -0.764. The van der Waals surface area contributed by atoms with Gasteiger partial charge in [-0.3, -0.25) is 4.79 Å². The van der Waals surface area contributed by atoms with Gasteiger partial charge in [0.2, 0.25) is 5.91 Å². The Bertz CT molecular complexity index is 295. The van der Waals surface area contributed by atoms with Crippen LogP contribution in [0, 0.1) is 5.41 Å². The van der Waals surface area contributed by atoms with Crippen LogP contribution >= 0.6 is 0 Å². The van der Waals surface area contributed by atoms with Crippen LogP contribution in [0.5, 0.6) is 0 Å². The van der Waals surface area contributed by atoms with Crippen LogP contribution in [0.15, 0.2) is 0 Å². The fourth-order valence-corrected chi connectivity index (χ4v) is 1.52. The molecule has 2 unspecified atom stereocenters. The van der Waals surface area contributed by atoms with Gasteiger partial charge in [0.1, 0.15) is 6.04 Å². The summed E-state index contributed by atoms with van der Waals surface area (Å²) < 4.78 is 9.68. The zero-order valence-corrected chi connectivity index (χ0v) is 9.78. The fraction of sp³-hybridized carbons (Fsp3) is 0.800. The van der Waals surface area contributed by atoms with E-state index in [1.807, 2.05) is 0 Å². The van der Waals surface area contributed by atoms with Gasteiger partial charge < -0.3 is 20.5 Å². The summed E-state index contributed by atoms with van der Waals surface area (Å²) in [6.07, 6.45) is 0. The van der Waals surface area contributed by atoms with Gasteiger partial charge in [-0.05, 0) is 13.8 Å². The van der Waals surface area contributed by atoms with Crippen molar-refractivity contribution in [3.05, 3.63) is 0 Å². The molecule has 3 atom stereocenters. The monoisotopic (exact) mass is 230 g/mol. The lowest BCUT2D eigenvalue weighted by Gasteiger charge is -2.26. The van der Waals surface area contributed by atoms with Gasteiger partial charge in [-0.2, -0.15) is 0 Å². The smallest absolute Gasteiger partial charge is 0.328 e. The largest absolute Gasteiger partial charge is 0.467 e. The molecule has 0 aliphatic carbocycles. The number of esters is 1. The number of carbonyl (C=O) groups excluding carboxylic acids is 2. The van der Waals surface area contributed by atoms with Gasteiger partial charge in [-0.15, -0.1) is 0 Å². The Hall–Kier alpha value is -1.14. The first-order valence-electron chi connectivity index (χ1n) is 5.14. The van der Waals surface area contributed by atoms with Crippen molar-refractivity contribution >= 4 is 11.9 Å². The Morgan fingerprint density at radius 1 is 1.62 bits per heavy atom. The van der Waals surface area contributed by atoms with E-state index in [1.54, 1.807) is 13.8 Å². The fourth-order valence-electron chi connectivity index (χ4n) is 1.52. The summed E-state index contributed by atoms with van der Waals surface area (Å²) >= 11 is 0. The molecular formula is C10H18N2O4. The minimum absolute atomic E-state index is 0.272. The van der Waals surface area contributed by atoms with Crippen molar-refractivity contribution in [1.82, 2.24) is 5.32 Å². The van der Waals surface area contributed by atoms with Crippen molar-refractivity contribution in [2.45, 2.75) is 25.9 Å². The number of carbonyl (C=O) groups is 2. The third-order valence-electron chi connectivity index (χ3n) is 2.94. The Balaban J connectivity index is 2.61. The van der Waals surface area contributed by atoms with Crippen molar-refractivity contribution in [3.63, 3.8) is 0 Å². The van der Waals surface area contributed by atoms with E-state index in [-0.39, 0.29) is 18.6 Å². The number of methoxy groups -OCH3 is 1. The standard InChI is InChI=1S/C10H18N2O4/c1-6(8(13)15-3)12-9(14)10(2)5-16-4-7(10)11/h6-7H,4-5,11H2,1-3H3,(H,12,14)/t6-,7?,10?/m0/s1. The maximum atomic E-state index is 11.9. The van der Waals surface area contributed by atoms with E-state index < -0.39 is 17.4 Å². The highest BCUT2D eigenvalue weighted by Crippen LogP contribution is 2.27. The van der Waals surface area contributed by atoms with Gasteiger partial charge in [0.25, 0.3) is 0 Å². The lowest BCUT2D eigenvalue weighted by molar-refractivity contribution is -0.146. The molecule has 0 aromatic rings. The van der Waals surface area contributed by atoms with E-state index in [0.29, 0.717) is 6.61 Å². The molecule has 0 aromatic carbocycles. The summed E-state index contributed by atoms with van der Waals surface area (Å²) in [6.45, 7) is 3.92. The SMILES string of the molecule is COC(=O)[C@H](C)NC(=O)C1(C)COCC1N. The van der Waals surface area contributed by atoms with Crippen LogP contribution in [-0.4, -0.2) is 44.3 Å². The van der Waals surface area contributed by atoms with E-state index >= 15 is 0 Å². The van der Waals surface area contributed by atoms with Crippen LogP contribution in [0.3, 0.4) is 0 Å². The normalized spacial score (nSPS) is 30.9. The first-order valence-corrected chi connectivity index (χ1v) is 5.14. The molecule has 1 aliphatic heterocycles. The van der Waals surface area contributed by atoms with Crippen molar-refractivity contribution in [2.24, 2.45) is 11.1 Å². The zero-order valence-electron chi connectivity index (χ0n) is 9.78. The molecule has 0 radical (unpaired) electrons. The van der Waals surface area contributed by atoms with Crippen LogP contribution in [0.4, 0.5) is 0 Å². The molecule has 3 N–H and O–H groups in total. The average Bonchev–Trinajstić information content (AvgIpc) is 2.59. The number of rotatable bonds is 3. The maximum absolute atomic E-state index is 11.9. The zero-order chi connectivity index (χ0) is 12.3. The van der Waals surface area contributed by atoms with E-state index in [0.717, 1.165) is 0 Å². The van der Waals surface area contributed by atoms with Crippen molar-refractivity contribution in [2.75, 3.05) is 20.3 Å². The third-order valence-corrected chi connectivity index (χ3v) is 2.94. The van der Waals surface area contributed by atoms with Crippen LogP contribution in [0.25, 0.3) is 0 Å². The van der Waals surface area contributed by atoms with Crippen LogP contribution in [0.2, 0.25) is 0 Å². The first kappa shape index (κ1) is 12.9. The lowest BCUT2D eigenvalue weighted by Crippen LogP contribution is -2.53. The van der Waals surface area contributed by atoms with Crippen LogP contribution in [-0.2, 0) is 19.1 Å². The molecule has 0 aromatic heterocycles. The molecule has 0 spiro atoms. The first-order chi connectivity index (χ1) is 7.41. The molecule has 1 aliphatic rings. The summed E-state index contributed by atoms with van der Waals surface area (Å²) in [6, 6.07) is -1.03. The van der Waals surface area contributed by atoms with Gasteiger partial charge in [0.05, 0.1) is 25.7 Å². The molecule has 1 fully saturated rings.